The normalized spacial score (nSPS) is 12.3. The molecule has 0 aliphatic carbocycles. The van der Waals surface area contributed by atoms with E-state index >= 15 is 0 Å². The van der Waals surface area contributed by atoms with Crippen LogP contribution in [0, 0.1) is 20.8 Å². The van der Waals surface area contributed by atoms with Gasteiger partial charge in [-0.15, -0.1) is 0 Å². The van der Waals surface area contributed by atoms with E-state index in [1.807, 2.05) is 0 Å². The van der Waals surface area contributed by atoms with Gasteiger partial charge in [0.05, 0.1) is 7.11 Å². The monoisotopic (exact) mass is 311 g/mol. The van der Waals surface area contributed by atoms with Crippen molar-refractivity contribution in [1.82, 2.24) is 0 Å². The van der Waals surface area contributed by atoms with Crippen molar-refractivity contribution < 1.29 is 4.74 Å². The van der Waals surface area contributed by atoms with Crippen molar-refractivity contribution in [2.75, 3.05) is 13.7 Å². The van der Waals surface area contributed by atoms with Crippen LogP contribution in [0.15, 0.2) is 30.3 Å². The lowest BCUT2D eigenvalue weighted by molar-refractivity contribution is 0.410. The van der Waals surface area contributed by atoms with Crippen molar-refractivity contribution in [3.05, 3.63) is 63.7 Å². The molecular formula is C21H29NO. The van der Waals surface area contributed by atoms with Crippen LogP contribution in [-0.2, 0) is 12.8 Å². The van der Waals surface area contributed by atoms with Gasteiger partial charge in [-0.1, -0.05) is 36.8 Å². The zero-order valence-electron chi connectivity index (χ0n) is 15.1. The van der Waals surface area contributed by atoms with Crippen LogP contribution in [0.2, 0.25) is 0 Å². The van der Waals surface area contributed by atoms with Crippen LogP contribution >= 0.6 is 0 Å². The quantitative estimate of drug-likeness (QED) is 0.854. The second-order valence-electron chi connectivity index (χ2n) is 6.44. The van der Waals surface area contributed by atoms with Crippen LogP contribution < -0.4 is 10.5 Å². The van der Waals surface area contributed by atoms with Gasteiger partial charge in [0, 0.05) is 5.92 Å². The Bertz CT molecular complexity index is 653. The van der Waals surface area contributed by atoms with E-state index in [4.69, 9.17) is 10.5 Å². The van der Waals surface area contributed by atoms with Gasteiger partial charge >= 0.3 is 0 Å². The number of methoxy groups -OCH3 is 1. The molecule has 0 fully saturated rings. The number of hydrogen-bond donors (Lipinski definition) is 1. The molecule has 2 N–H and O–H groups in total. The van der Waals surface area contributed by atoms with Crippen molar-refractivity contribution in [2.24, 2.45) is 5.73 Å². The lowest BCUT2D eigenvalue weighted by Gasteiger charge is -2.20. The van der Waals surface area contributed by atoms with Crippen LogP contribution in [0.3, 0.4) is 0 Å². The van der Waals surface area contributed by atoms with Gasteiger partial charge in [-0.25, -0.2) is 0 Å². The maximum atomic E-state index is 6.11. The Kier molecular flexibility index (Phi) is 5.84. The summed E-state index contributed by atoms with van der Waals surface area (Å²) in [5.41, 5.74) is 14.2. The summed E-state index contributed by atoms with van der Waals surface area (Å²) in [7, 11) is 1.73. The molecule has 23 heavy (non-hydrogen) atoms. The van der Waals surface area contributed by atoms with Gasteiger partial charge in [0.1, 0.15) is 5.75 Å². The molecular weight excluding hydrogens is 282 g/mol. The molecule has 2 heteroatoms. The van der Waals surface area contributed by atoms with E-state index in [0.29, 0.717) is 12.5 Å². The Morgan fingerprint density at radius 1 is 1.04 bits per heavy atom. The molecule has 2 aromatic carbocycles. The first kappa shape index (κ1) is 17.6. The first-order valence-electron chi connectivity index (χ1n) is 8.43. The predicted octanol–water partition coefficient (Wildman–Crippen LogP) is 4.47. The summed E-state index contributed by atoms with van der Waals surface area (Å²) >= 11 is 0. The van der Waals surface area contributed by atoms with Gasteiger partial charge in [-0.05, 0) is 74.0 Å². The van der Waals surface area contributed by atoms with Crippen LogP contribution in [0.1, 0.15) is 46.2 Å². The third-order valence-corrected chi connectivity index (χ3v) is 4.73. The van der Waals surface area contributed by atoms with Gasteiger partial charge in [0.15, 0.2) is 0 Å². The number of nitrogens with two attached hydrogens (primary N) is 1. The van der Waals surface area contributed by atoms with E-state index in [2.05, 4.69) is 58.0 Å². The van der Waals surface area contributed by atoms with Crippen molar-refractivity contribution in [3.63, 3.8) is 0 Å². The number of rotatable bonds is 6. The van der Waals surface area contributed by atoms with Crippen LogP contribution in [0.5, 0.6) is 5.75 Å². The molecule has 0 heterocycles. The fraction of sp³-hybridized carbons (Fsp3) is 0.429. The largest absolute Gasteiger partial charge is 0.496 e. The van der Waals surface area contributed by atoms with Gasteiger partial charge in [-0.3, -0.25) is 0 Å². The van der Waals surface area contributed by atoms with Gasteiger partial charge in [0.25, 0.3) is 0 Å². The summed E-state index contributed by atoms with van der Waals surface area (Å²) in [5.74, 6) is 1.31. The first-order chi connectivity index (χ1) is 11.0. The molecule has 0 amide bonds. The molecule has 0 spiro atoms. The van der Waals surface area contributed by atoms with Gasteiger partial charge in [0.2, 0.25) is 0 Å². The van der Waals surface area contributed by atoms with Crippen LogP contribution in [0.25, 0.3) is 0 Å². The van der Waals surface area contributed by atoms with Crippen LogP contribution in [-0.4, -0.2) is 13.7 Å². The highest BCUT2D eigenvalue weighted by Gasteiger charge is 2.15. The molecule has 0 radical (unpaired) electrons. The lowest BCUT2D eigenvalue weighted by Crippen LogP contribution is -2.16. The maximum Gasteiger partial charge on any atom is 0.122 e. The summed E-state index contributed by atoms with van der Waals surface area (Å²) in [5, 5.41) is 0. The number of ether oxygens (including phenoxy) is 1. The highest BCUT2D eigenvalue weighted by Crippen LogP contribution is 2.29. The smallest absolute Gasteiger partial charge is 0.122 e. The van der Waals surface area contributed by atoms with E-state index in [0.717, 1.165) is 18.6 Å². The zero-order valence-corrected chi connectivity index (χ0v) is 15.1. The average molecular weight is 311 g/mol. The Balaban J connectivity index is 2.34. The third kappa shape index (κ3) is 3.94. The van der Waals surface area contributed by atoms with E-state index in [1.54, 1.807) is 7.11 Å². The molecule has 2 rings (SSSR count). The molecule has 0 saturated heterocycles. The van der Waals surface area contributed by atoms with Crippen molar-refractivity contribution in [1.29, 1.82) is 0 Å². The molecule has 0 saturated carbocycles. The number of hydrogen-bond acceptors (Lipinski definition) is 2. The first-order valence-corrected chi connectivity index (χ1v) is 8.43. The number of benzene rings is 2. The van der Waals surface area contributed by atoms with E-state index < -0.39 is 0 Å². The predicted molar refractivity (Wildman–Crippen MR) is 98.5 cm³/mol. The van der Waals surface area contributed by atoms with E-state index in [-0.39, 0.29) is 0 Å². The summed E-state index contributed by atoms with van der Waals surface area (Å²) < 4.78 is 5.44. The molecule has 1 unspecified atom stereocenters. The summed E-state index contributed by atoms with van der Waals surface area (Å²) in [6.45, 7) is 9.37. The fourth-order valence-corrected chi connectivity index (χ4v) is 3.44. The Morgan fingerprint density at radius 2 is 1.70 bits per heavy atom. The third-order valence-electron chi connectivity index (χ3n) is 4.73. The Labute approximate surface area is 140 Å². The highest BCUT2D eigenvalue weighted by molar-refractivity contribution is 5.42. The maximum absolute atomic E-state index is 6.11. The summed E-state index contributed by atoms with van der Waals surface area (Å²) in [6, 6.07) is 11.0. The Hall–Kier alpha value is -1.80. The Morgan fingerprint density at radius 3 is 2.22 bits per heavy atom. The molecule has 0 aliphatic heterocycles. The molecule has 0 bridgehead atoms. The average Bonchev–Trinajstić information content (AvgIpc) is 2.53. The van der Waals surface area contributed by atoms with E-state index in [9.17, 15) is 0 Å². The van der Waals surface area contributed by atoms with E-state index in [1.165, 1.54) is 33.4 Å². The SMILES string of the molecule is CCc1cc(C(CN)Cc2c(C)cc(C)cc2C)ccc1OC. The van der Waals surface area contributed by atoms with Gasteiger partial charge in [-0.2, -0.15) is 0 Å². The minimum absolute atomic E-state index is 0.339. The highest BCUT2D eigenvalue weighted by atomic mass is 16.5. The summed E-state index contributed by atoms with van der Waals surface area (Å²) in [4.78, 5) is 0. The lowest BCUT2D eigenvalue weighted by atomic mass is 9.86. The topological polar surface area (TPSA) is 35.2 Å². The van der Waals surface area contributed by atoms with Crippen molar-refractivity contribution >= 4 is 0 Å². The molecule has 2 aromatic rings. The molecule has 1 atom stereocenters. The zero-order chi connectivity index (χ0) is 17.0. The molecule has 0 aromatic heterocycles. The van der Waals surface area contributed by atoms with Crippen molar-refractivity contribution in [2.45, 2.75) is 46.5 Å². The summed E-state index contributed by atoms with van der Waals surface area (Å²) in [6.07, 6.45) is 1.96. The molecule has 0 aliphatic rings. The molecule has 124 valence electrons. The second-order valence-corrected chi connectivity index (χ2v) is 6.44. The van der Waals surface area contributed by atoms with Crippen molar-refractivity contribution in [3.8, 4) is 5.75 Å². The van der Waals surface area contributed by atoms with Gasteiger partial charge < -0.3 is 10.5 Å². The standard InChI is InChI=1S/C21H29NO/c1-6-17-11-18(7-8-21(17)23-5)19(13-22)12-20-15(3)9-14(2)10-16(20)4/h7-11,19H,6,12-13,22H2,1-5H3. The van der Waals surface area contributed by atoms with Crippen LogP contribution in [0.4, 0.5) is 0 Å². The molecule has 2 nitrogen and oxygen atoms in total. The number of aryl methyl sites for hydroxylation is 4. The minimum atomic E-state index is 0.339. The second kappa shape index (κ2) is 7.65. The fourth-order valence-electron chi connectivity index (χ4n) is 3.44. The minimum Gasteiger partial charge on any atom is -0.496 e.